The maximum absolute atomic E-state index is 12.4. The Morgan fingerprint density at radius 2 is 1.78 bits per heavy atom. The summed E-state index contributed by atoms with van der Waals surface area (Å²) in [7, 11) is 1.57. The first-order valence-electron chi connectivity index (χ1n) is 10.5. The summed E-state index contributed by atoms with van der Waals surface area (Å²) in [5, 5.41) is 2.87. The molecule has 0 aliphatic carbocycles. The second-order valence-electron chi connectivity index (χ2n) is 8.17. The van der Waals surface area contributed by atoms with Crippen molar-refractivity contribution in [1.82, 2.24) is 4.90 Å². The van der Waals surface area contributed by atoms with Gasteiger partial charge in [0.25, 0.3) is 5.91 Å². The molecule has 6 nitrogen and oxygen atoms in total. The number of amides is 1. The lowest BCUT2D eigenvalue weighted by Gasteiger charge is -2.37. The minimum Gasteiger partial charge on any atom is -0.493 e. The lowest BCUT2D eigenvalue weighted by atomic mass is 10.1. The molecule has 8 heteroatoms. The van der Waals surface area contributed by atoms with Crippen molar-refractivity contribution in [1.29, 1.82) is 0 Å². The number of carbonyl (C=O) groups excluding carboxylic acids is 1. The highest BCUT2D eigenvalue weighted by Crippen LogP contribution is 2.37. The highest BCUT2D eigenvalue weighted by Gasteiger charge is 2.25. The first kappa shape index (κ1) is 24.5. The number of benzene rings is 2. The average molecular weight is 521 g/mol. The van der Waals surface area contributed by atoms with E-state index in [1.54, 1.807) is 7.11 Å². The summed E-state index contributed by atoms with van der Waals surface area (Å²) >= 11 is 9.30. The molecule has 1 amide bonds. The van der Waals surface area contributed by atoms with E-state index in [0.717, 1.165) is 40.5 Å². The number of hydrogen-bond donors (Lipinski definition) is 1. The van der Waals surface area contributed by atoms with Gasteiger partial charge >= 0.3 is 0 Å². The fourth-order valence-corrected chi connectivity index (χ4v) is 4.71. The third kappa shape index (κ3) is 6.21. The number of ether oxygens (including phenoxy) is 3. The van der Waals surface area contributed by atoms with Crippen molar-refractivity contribution in [2.75, 3.05) is 32.1 Å². The summed E-state index contributed by atoms with van der Waals surface area (Å²) in [4.78, 5) is 15.3. The molecule has 1 saturated heterocycles. The fourth-order valence-electron chi connectivity index (χ4n) is 3.89. The Labute approximate surface area is 203 Å². The van der Waals surface area contributed by atoms with E-state index in [4.69, 9.17) is 26.4 Å². The molecule has 0 saturated carbocycles. The lowest BCUT2D eigenvalue weighted by Crippen LogP contribution is -2.47. The summed E-state index contributed by atoms with van der Waals surface area (Å²) in [6, 6.07) is 9.63. The van der Waals surface area contributed by atoms with E-state index in [2.05, 4.69) is 32.2 Å². The Morgan fingerprint density at radius 3 is 2.38 bits per heavy atom. The number of methoxy groups -OCH3 is 1. The molecular weight excluding hydrogens is 492 g/mol. The van der Waals surface area contributed by atoms with Gasteiger partial charge in [-0.15, -0.1) is 0 Å². The third-order valence-electron chi connectivity index (χ3n) is 5.04. The van der Waals surface area contributed by atoms with Crippen LogP contribution in [0.15, 0.2) is 34.8 Å². The van der Waals surface area contributed by atoms with Crippen LogP contribution in [-0.2, 0) is 9.53 Å². The van der Waals surface area contributed by atoms with E-state index in [0.29, 0.717) is 16.0 Å². The molecule has 1 N–H and O–H groups in total. The summed E-state index contributed by atoms with van der Waals surface area (Å²) in [5.41, 5.74) is 3.76. The van der Waals surface area contributed by atoms with Crippen molar-refractivity contribution in [3.63, 3.8) is 0 Å². The molecule has 0 unspecified atom stereocenters. The van der Waals surface area contributed by atoms with E-state index >= 15 is 0 Å². The first-order chi connectivity index (χ1) is 15.2. The Balaban J connectivity index is 1.71. The fraction of sp³-hybridized carbons (Fsp3) is 0.417. The van der Waals surface area contributed by atoms with E-state index in [1.807, 2.05) is 52.0 Å². The zero-order valence-corrected chi connectivity index (χ0v) is 21.4. The molecule has 1 heterocycles. The Kier molecular flexibility index (Phi) is 8.14. The summed E-state index contributed by atoms with van der Waals surface area (Å²) in [5.74, 6) is 0.712. The Bertz CT molecular complexity index is 983. The van der Waals surface area contributed by atoms with Gasteiger partial charge in [0, 0.05) is 24.3 Å². The number of halogens is 1. The maximum Gasteiger partial charge on any atom is 0.262 e. The van der Waals surface area contributed by atoms with Crippen molar-refractivity contribution >= 4 is 44.7 Å². The molecule has 1 aliphatic rings. The number of hydrogen-bond acceptors (Lipinski definition) is 5. The molecule has 2 aromatic rings. The number of rotatable bonds is 6. The van der Waals surface area contributed by atoms with Crippen molar-refractivity contribution < 1.29 is 19.0 Å². The second kappa shape index (κ2) is 10.6. The van der Waals surface area contributed by atoms with Crippen LogP contribution in [0.2, 0.25) is 0 Å². The molecule has 0 radical (unpaired) electrons. The van der Waals surface area contributed by atoms with Gasteiger partial charge in [-0.05, 0) is 79.0 Å². The van der Waals surface area contributed by atoms with Crippen LogP contribution < -0.4 is 14.8 Å². The van der Waals surface area contributed by atoms with Gasteiger partial charge in [-0.1, -0.05) is 18.3 Å². The number of aryl methyl sites for hydroxylation is 2. The molecular formula is C24H29BrN2O4S. The molecule has 2 atom stereocenters. The number of morpholine rings is 1. The largest absolute Gasteiger partial charge is 0.493 e. The third-order valence-corrected chi connectivity index (χ3v) is 6.12. The van der Waals surface area contributed by atoms with E-state index < -0.39 is 0 Å². The van der Waals surface area contributed by atoms with E-state index in [1.165, 1.54) is 0 Å². The molecule has 3 rings (SSSR count). The van der Waals surface area contributed by atoms with Crippen LogP contribution in [0.25, 0.3) is 0 Å². The van der Waals surface area contributed by atoms with Crippen LogP contribution in [0.4, 0.5) is 5.69 Å². The van der Waals surface area contributed by atoms with Gasteiger partial charge in [-0.3, -0.25) is 4.79 Å². The summed E-state index contributed by atoms with van der Waals surface area (Å²) < 4.78 is 17.8. The zero-order valence-electron chi connectivity index (χ0n) is 19.0. The lowest BCUT2D eigenvalue weighted by molar-refractivity contribution is -0.118. The van der Waals surface area contributed by atoms with Crippen molar-refractivity contribution in [3.8, 4) is 11.5 Å². The van der Waals surface area contributed by atoms with Crippen LogP contribution in [0.1, 0.15) is 30.5 Å². The highest BCUT2D eigenvalue weighted by atomic mass is 79.9. The average Bonchev–Trinajstić information content (AvgIpc) is 2.70. The zero-order chi connectivity index (χ0) is 23.4. The van der Waals surface area contributed by atoms with Crippen LogP contribution in [0, 0.1) is 13.8 Å². The van der Waals surface area contributed by atoms with Gasteiger partial charge in [0.2, 0.25) is 0 Å². The van der Waals surface area contributed by atoms with Crippen molar-refractivity contribution in [2.24, 2.45) is 0 Å². The van der Waals surface area contributed by atoms with Crippen molar-refractivity contribution in [3.05, 3.63) is 51.5 Å². The molecule has 32 heavy (non-hydrogen) atoms. The number of anilines is 1. The minimum atomic E-state index is -0.250. The minimum absolute atomic E-state index is 0.111. The summed E-state index contributed by atoms with van der Waals surface area (Å²) in [6.45, 7) is 9.39. The predicted molar refractivity (Wildman–Crippen MR) is 134 cm³/mol. The van der Waals surface area contributed by atoms with Crippen LogP contribution >= 0.6 is 28.1 Å². The maximum atomic E-state index is 12.4. The monoisotopic (exact) mass is 520 g/mol. The van der Waals surface area contributed by atoms with Gasteiger partial charge in [0.05, 0.1) is 23.8 Å². The van der Waals surface area contributed by atoms with Crippen LogP contribution in [-0.4, -0.2) is 54.8 Å². The number of carbonyl (C=O) groups is 1. The number of thiocarbonyl (C=S) groups is 1. The Morgan fingerprint density at radius 1 is 1.16 bits per heavy atom. The highest BCUT2D eigenvalue weighted by molar-refractivity contribution is 9.10. The number of nitrogens with one attached hydrogen (secondary N) is 1. The van der Waals surface area contributed by atoms with E-state index in [9.17, 15) is 4.79 Å². The van der Waals surface area contributed by atoms with Gasteiger partial charge in [-0.2, -0.15) is 0 Å². The molecule has 0 bridgehead atoms. The van der Waals surface area contributed by atoms with Crippen molar-refractivity contribution in [2.45, 2.75) is 39.9 Å². The van der Waals surface area contributed by atoms with Crippen LogP contribution in [0.3, 0.4) is 0 Å². The smallest absolute Gasteiger partial charge is 0.262 e. The SMILES string of the molecule is COc1cc(C(=S)N2C[C@@H](C)O[C@H](C)C2)cc(Br)c1OCC(=O)Nc1cc(C)cc(C)c1. The quantitative estimate of drug-likeness (QED) is 0.548. The molecule has 1 fully saturated rings. The topological polar surface area (TPSA) is 60.0 Å². The molecule has 172 valence electrons. The normalized spacial score (nSPS) is 18.2. The van der Waals surface area contributed by atoms with Gasteiger partial charge < -0.3 is 24.4 Å². The van der Waals surface area contributed by atoms with Gasteiger partial charge in [0.15, 0.2) is 18.1 Å². The van der Waals surface area contributed by atoms with Gasteiger partial charge in [0.1, 0.15) is 4.99 Å². The predicted octanol–water partition coefficient (Wildman–Crippen LogP) is 4.88. The second-order valence-corrected chi connectivity index (χ2v) is 9.41. The van der Waals surface area contributed by atoms with Crippen LogP contribution in [0.5, 0.6) is 11.5 Å². The molecule has 1 aliphatic heterocycles. The first-order valence-corrected chi connectivity index (χ1v) is 11.7. The van der Waals surface area contributed by atoms with Gasteiger partial charge in [-0.25, -0.2) is 0 Å². The molecule has 2 aromatic carbocycles. The number of nitrogens with zero attached hydrogens (tertiary/aromatic N) is 1. The molecule has 0 spiro atoms. The Hall–Kier alpha value is -2.16. The standard InChI is InChI=1S/C24H29BrN2O4S/c1-14-6-15(2)8-19(7-14)26-22(28)13-30-23-20(25)9-18(10-21(23)29-5)24(32)27-11-16(3)31-17(4)12-27/h6-10,16-17H,11-13H2,1-5H3,(H,26,28)/t16-,17-/m1/s1. The molecule has 0 aromatic heterocycles. The summed E-state index contributed by atoms with van der Waals surface area (Å²) in [6.07, 6.45) is 0.223. The van der Waals surface area contributed by atoms with E-state index in [-0.39, 0.29) is 24.7 Å².